The fourth-order valence-electron chi connectivity index (χ4n) is 4.93. The van der Waals surface area contributed by atoms with E-state index in [4.69, 9.17) is 32.5 Å². The van der Waals surface area contributed by atoms with E-state index in [1.807, 2.05) is 43.3 Å². The van der Waals surface area contributed by atoms with Crippen LogP contribution in [-0.4, -0.2) is 47.9 Å². The number of benzene rings is 2. The molecule has 2 aromatic carbocycles. The van der Waals surface area contributed by atoms with Crippen molar-refractivity contribution in [1.82, 2.24) is 9.97 Å². The highest BCUT2D eigenvalue weighted by Gasteiger charge is 2.47. The first-order valence-corrected chi connectivity index (χ1v) is 13.7. The zero-order valence-electron chi connectivity index (χ0n) is 21.1. The van der Waals surface area contributed by atoms with Gasteiger partial charge in [-0.3, -0.25) is 5.32 Å². The SMILES string of the molecule is C[C@H]1OCC2(CCN(c3cnc(Sc4cccc(NC(=O)OCc5ccccc5)c4Cl)c(N)n3)CC2)[C@H]1N. The van der Waals surface area contributed by atoms with Crippen LogP contribution in [0.1, 0.15) is 25.3 Å². The van der Waals surface area contributed by atoms with Crippen LogP contribution in [0.15, 0.2) is 64.6 Å². The summed E-state index contributed by atoms with van der Waals surface area (Å²) in [6, 6.07) is 14.8. The van der Waals surface area contributed by atoms with Gasteiger partial charge in [0.15, 0.2) is 5.82 Å². The fourth-order valence-corrected chi connectivity index (χ4v) is 6.03. The molecule has 1 amide bonds. The maximum absolute atomic E-state index is 12.3. The predicted octanol–water partition coefficient (Wildman–Crippen LogP) is 4.94. The first-order chi connectivity index (χ1) is 18.3. The number of anilines is 3. The van der Waals surface area contributed by atoms with E-state index in [0.717, 1.165) is 37.3 Å². The zero-order chi connectivity index (χ0) is 26.7. The van der Waals surface area contributed by atoms with Crippen LogP contribution in [0, 0.1) is 5.41 Å². The Morgan fingerprint density at radius 3 is 2.68 bits per heavy atom. The summed E-state index contributed by atoms with van der Waals surface area (Å²) in [7, 11) is 0. The molecule has 3 heterocycles. The van der Waals surface area contributed by atoms with E-state index in [2.05, 4.69) is 20.2 Å². The Kier molecular flexibility index (Phi) is 7.94. The van der Waals surface area contributed by atoms with Crippen LogP contribution in [0.25, 0.3) is 0 Å². The van der Waals surface area contributed by atoms with Crippen molar-refractivity contribution in [2.24, 2.45) is 11.1 Å². The van der Waals surface area contributed by atoms with Crippen LogP contribution in [0.2, 0.25) is 5.02 Å². The van der Waals surface area contributed by atoms with Gasteiger partial charge in [0, 0.05) is 29.4 Å². The summed E-state index contributed by atoms with van der Waals surface area (Å²) in [5.41, 5.74) is 14.1. The van der Waals surface area contributed by atoms with Gasteiger partial charge in [-0.15, -0.1) is 0 Å². The van der Waals surface area contributed by atoms with Crippen LogP contribution in [0.3, 0.4) is 0 Å². The number of piperidine rings is 1. The molecule has 11 heteroatoms. The number of halogens is 1. The molecule has 0 unspecified atom stereocenters. The number of carbonyl (C=O) groups is 1. The minimum absolute atomic E-state index is 0.0362. The number of amides is 1. The maximum atomic E-state index is 12.3. The molecule has 2 aliphatic heterocycles. The van der Waals surface area contributed by atoms with Gasteiger partial charge in [-0.25, -0.2) is 14.8 Å². The molecule has 2 saturated heterocycles. The van der Waals surface area contributed by atoms with Gasteiger partial charge in [0.2, 0.25) is 0 Å². The second-order valence-electron chi connectivity index (χ2n) is 9.72. The number of carbonyl (C=O) groups excluding carboxylic acids is 1. The summed E-state index contributed by atoms with van der Waals surface area (Å²) < 4.78 is 11.1. The number of nitrogen functional groups attached to an aromatic ring is 1. The van der Waals surface area contributed by atoms with Gasteiger partial charge in [0.05, 0.1) is 29.6 Å². The van der Waals surface area contributed by atoms with E-state index >= 15 is 0 Å². The lowest BCUT2D eigenvalue weighted by atomic mass is 9.73. The molecular weight excluding hydrogens is 524 g/mol. The molecule has 1 aromatic heterocycles. The lowest BCUT2D eigenvalue weighted by molar-refractivity contribution is 0.0974. The molecule has 0 radical (unpaired) electrons. The first kappa shape index (κ1) is 26.6. The van der Waals surface area contributed by atoms with Crippen molar-refractivity contribution in [1.29, 1.82) is 0 Å². The molecule has 0 saturated carbocycles. The standard InChI is InChI=1S/C27H31ClN6O3S/c1-17-23(29)27(16-37-17)10-12-34(13-11-27)21-14-31-25(24(30)33-21)38-20-9-5-8-19(22(20)28)32-26(35)36-15-18-6-3-2-4-7-18/h2-9,14,17,23H,10-13,15-16,29H2,1H3,(H2,30,33)(H,32,35)/t17-,23+/m1/s1. The number of nitrogens with zero attached hydrogens (tertiary/aromatic N) is 3. The largest absolute Gasteiger partial charge is 0.444 e. The van der Waals surface area contributed by atoms with Gasteiger partial charge < -0.3 is 25.8 Å². The summed E-state index contributed by atoms with van der Waals surface area (Å²) in [6.45, 7) is 4.57. The Bertz CT molecular complexity index is 1290. The van der Waals surface area contributed by atoms with E-state index in [1.165, 1.54) is 11.8 Å². The molecule has 38 heavy (non-hydrogen) atoms. The quantitative estimate of drug-likeness (QED) is 0.388. The Morgan fingerprint density at radius 1 is 1.24 bits per heavy atom. The van der Waals surface area contributed by atoms with Gasteiger partial charge in [0.25, 0.3) is 0 Å². The van der Waals surface area contributed by atoms with E-state index in [-0.39, 0.29) is 24.2 Å². The molecule has 5 rings (SSSR count). The van der Waals surface area contributed by atoms with Crippen molar-refractivity contribution in [2.75, 3.05) is 35.6 Å². The minimum atomic E-state index is -0.593. The topological polar surface area (TPSA) is 129 Å². The molecule has 200 valence electrons. The van der Waals surface area contributed by atoms with Crippen LogP contribution < -0.4 is 21.7 Å². The molecule has 2 aliphatic rings. The van der Waals surface area contributed by atoms with Crippen LogP contribution in [-0.2, 0) is 16.1 Å². The van der Waals surface area contributed by atoms with Gasteiger partial charge in [0.1, 0.15) is 17.5 Å². The van der Waals surface area contributed by atoms with Crippen molar-refractivity contribution >= 4 is 46.8 Å². The summed E-state index contributed by atoms with van der Waals surface area (Å²) in [4.78, 5) is 24.4. The van der Waals surface area contributed by atoms with Crippen molar-refractivity contribution < 1.29 is 14.3 Å². The summed E-state index contributed by atoms with van der Waals surface area (Å²) >= 11 is 7.89. The molecule has 5 N–H and O–H groups in total. The second-order valence-corrected chi connectivity index (χ2v) is 11.1. The predicted molar refractivity (Wildman–Crippen MR) is 150 cm³/mol. The highest BCUT2D eigenvalue weighted by atomic mass is 35.5. The minimum Gasteiger partial charge on any atom is -0.444 e. The van der Waals surface area contributed by atoms with Crippen molar-refractivity contribution in [3.05, 3.63) is 65.3 Å². The number of rotatable bonds is 6. The van der Waals surface area contributed by atoms with E-state index in [0.29, 0.717) is 33.1 Å². The molecular formula is C27H31ClN6O3S. The Balaban J connectivity index is 1.20. The van der Waals surface area contributed by atoms with Crippen LogP contribution in [0.5, 0.6) is 0 Å². The molecule has 0 bridgehead atoms. The summed E-state index contributed by atoms with van der Waals surface area (Å²) in [5, 5.41) is 3.60. The first-order valence-electron chi connectivity index (χ1n) is 12.5. The molecule has 3 aromatic rings. The zero-order valence-corrected chi connectivity index (χ0v) is 22.7. The fraction of sp³-hybridized carbons (Fsp3) is 0.370. The van der Waals surface area contributed by atoms with Crippen molar-refractivity contribution in [2.45, 2.75) is 48.4 Å². The smallest absolute Gasteiger partial charge is 0.412 e. The van der Waals surface area contributed by atoms with E-state index in [1.54, 1.807) is 18.3 Å². The summed E-state index contributed by atoms with van der Waals surface area (Å²) in [5.74, 6) is 1.06. The van der Waals surface area contributed by atoms with Crippen molar-refractivity contribution in [3.63, 3.8) is 0 Å². The van der Waals surface area contributed by atoms with Gasteiger partial charge in [-0.1, -0.05) is 59.8 Å². The average Bonchev–Trinajstić information content (AvgIpc) is 3.20. The third-order valence-electron chi connectivity index (χ3n) is 7.30. The number of ether oxygens (including phenoxy) is 2. The lowest BCUT2D eigenvalue weighted by Gasteiger charge is -2.41. The van der Waals surface area contributed by atoms with Gasteiger partial charge in [-0.2, -0.15) is 0 Å². The third kappa shape index (κ3) is 5.68. The average molecular weight is 555 g/mol. The third-order valence-corrected chi connectivity index (χ3v) is 8.89. The molecule has 2 fully saturated rings. The van der Waals surface area contributed by atoms with E-state index in [9.17, 15) is 4.79 Å². The van der Waals surface area contributed by atoms with Gasteiger partial charge in [-0.05, 0) is 37.5 Å². The number of nitrogens with one attached hydrogen (secondary N) is 1. The normalized spacial score (nSPS) is 20.4. The van der Waals surface area contributed by atoms with Gasteiger partial charge >= 0.3 is 6.09 Å². The van der Waals surface area contributed by atoms with Crippen LogP contribution in [0.4, 0.5) is 22.1 Å². The Morgan fingerprint density at radius 2 is 2.00 bits per heavy atom. The van der Waals surface area contributed by atoms with Crippen molar-refractivity contribution in [3.8, 4) is 0 Å². The number of aromatic nitrogens is 2. The second kappa shape index (κ2) is 11.4. The van der Waals surface area contributed by atoms with E-state index < -0.39 is 6.09 Å². The molecule has 9 nitrogen and oxygen atoms in total. The lowest BCUT2D eigenvalue weighted by Crippen LogP contribution is -2.50. The van der Waals surface area contributed by atoms with Crippen LogP contribution >= 0.6 is 23.4 Å². The number of hydrogen-bond donors (Lipinski definition) is 3. The summed E-state index contributed by atoms with van der Waals surface area (Å²) in [6.07, 6.45) is 3.12. The monoisotopic (exact) mass is 554 g/mol. The maximum Gasteiger partial charge on any atom is 0.412 e. The molecule has 1 spiro atoms. The number of hydrogen-bond acceptors (Lipinski definition) is 9. The highest BCUT2D eigenvalue weighted by molar-refractivity contribution is 7.99. The molecule has 0 aliphatic carbocycles. The highest BCUT2D eigenvalue weighted by Crippen LogP contribution is 2.42. The Hall–Kier alpha value is -3.05. The Labute approximate surface area is 231 Å². The number of nitrogens with two attached hydrogens (primary N) is 2. The molecule has 2 atom stereocenters.